The fourth-order valence-electron chi connectivity index (χ4n) is 1.63. The van der Waals surface area contributed by atoms with E-state index in [1.807, 2.05) is 0 Å². The first kappa shape index (κ1) is 11.7. The summed E-state index contributed by atoms with van der Waals surface area (Å²) in [7, 11) is -2.93. The van der Waals surface area contributed by atoms with Gasteiger partial charge in [-0.1, -0.05) is 6.07 Å². The van der Waals surface area contributed by atoms with Crippen LogP contribution in [0.5, 0.6) is 5.75 Å². The van der Waals surface area contributed by atoms with Crippen molar-refractivity contribution in [2.24, 2.45) is 0 Å². The van der Waals surface area contributed by atoms with Crippen LogP contribution in [0.3, 0.4) is 0 Å². The second kappa shape index (κ2) is 3.90. The molecule has 0 fully saturated rings. The van der Waals surface area contributed by atoms with Gasteiger partial charge in [0.2, 0.25) is 0 Å². The zero-order valence-corrected chi connectivity index (χ0v) is 9.78. The van der Waals surface area contributed by atoms with Crippen LogP contribution in [0.15, 0.2) is 35.2 Å². The minimum absolute atomic E-state index is 0.174. The molecular weight excluding hydrogens is 242 g/mol. The van der Waals surface area contributed by atoms with E-state index in [0.717, 1.165) is 0 Å². The Morgan fingerprint density at radius 2 is 1.94 bits per heavy atom. The van der Waals surface area contributed by atoms with E-state index in [-0.39, 0.29) is 10.6 Å². The predicted octanol–water partition coefficient (Wildman–Crippen LogP) is 2.01. The Balaban J connectivity index is 2.92. The lowest BCUT2D eigenvalue weighted by atomic mass is 10.1. The van der Waals surface area contributed by atoms with Crippen molar-refractivity contribution < 1.29 is 17.7 Å². The molecule has 0 saturated heterocycles. The molecule has 0 aliphatic heterocycles. The molecule has 0 aliphatic carbocycles. The lowest BCUT2D eigenvalue weighted by Crippen LogP contribution is -2.00. The monoisotopic (exact) mass is 252 g/mol. The Hall–Kier alpha value is -1.79. The van der Waals surface area contributed by atoms with Crippen LogP contribution >= 0.6 is 0 Å². The van der Waals surface area contributed by atoms with Crippen LogP contribution < -0.4 is 10.5 Å². The van der Waals surface area contributed by atoms with E-state index >= 15 is 0 Å². The van der Waals surface area contributed by atoms with Gasteiger partial charge in [-0.25, -0.2) is 0 Å². The van der Waals surface area contributed by atoms with Gasteiger partial charge in [-0.2, -0.15) is 8.42 Å². The third-order valence-corrected chi connectivity index (χ3v) is 3.30. The van der Waals surface area contributed by atoms with Gasteiger partial charge in [0.05, 0.1) is 12.8 Å². The summed E-state index contributed by atoms with van der Waals surface area (Å²) in [6, 6.07) is 7.41. The Bertz CT molecular complexity index is 679. The minimum atomic E-state index is -4.34. The van der Waals surface area contributed by atoms with E-state index in [2.05, 4.69) is 0 Å². The molecule has 2 rings (SSSR count). The number of ether oxygens (including phenoxy) is 1. The zero-order valence-electron chi connectivity index (χ0n) is 8.97. The third kappa shape index (κ3) is 2.17. The normalized spacial score (nSPS) is 11.6. The molecule has 17 heavy (non-hydrogen) atoms. The van der Waals surface area contributed by atoms with Crippen molar-refractivity contribution in [1.29, 1.82) is 0 Å². The summed E-state index contributed by atoms with van der Waals surface area (Å²) in [4.78, 5) is -0.249. The molecule has 0 spiro atoms. The molecule has 0 amide bonds. The maximum absolute atomic E-state index is 11.3. The van der Waals surface area contributed by atoms with Crippen LogP contribution in [0.4, 0.5) is 5.69 Å². The van der Waals surface area contributed by atoms with Crippen molar-refractivity contribution in [1.82, 2.24) is 5.73 Å². The van der Waals surface area contributed by atoms with E-state index < -0.39 is 10.1 Å². The van der Waals surface area contributed by atoms with Gasteiger partial charge in [-0.15, -0.1) is 0 Å². The number of nitrogens with one attached hydrogen (secondary N) is 1. The average Bonchev–Trinajstić information content (AvgIpc) is 2.26. The lowest BCUT2D eigenvalue weighted by Gasteiger charge is -2.07. The summed E-state index contributed by atoms with van der Waals surface area (Å²) in [5, 5.41) is 0.897. The standard InChI is InChI=1S/C11H10NO4S/c1-16-9-4-7-2-3-8(12)5-10(7)11(6-9)17(13,14)15/h2-6,12H,1H3,(H,13,14,15). The van der Waals surface area contributed by atoms with Crippen LogP contribution in [0.2, 0.25) is 0 Å². The molecule has 0 heterocycles. The van der Waals surface area contributed by atoms with Crippen LogP contribution in [0.1, 0.15) is 0 Å². The highest BCUT2D eigenvalue weighted by Crippen LogP contribution is 2.30. The van der Waals surface area contributed by atoms with Crippen molar-refractivity contribution in [3.63, 3.8) is 0 Å². The fraction of sp³-hybridized carbons (Fsp3) is 0.0909. The summed E-state index contributed by atoms with van der Waals surface area (Å²) in [5.41, 5.74) is 7.64. The van der Waals surface area contributed by atoms with Crippen LogP contribution in [-0.2, 0) is 10.1 Å². The molecule has 2 aromatic rings. The van der Waals surface area contributed by atoms with Gasteiger partial charge in [0.15, 0.2) is 0 Å². The molecule has 2 N–H and O–H groups in total. The first-order valence-corrected chi connectivity index (χ1v) is 6.17. The van der Waals surface area contributed by atoms with Gasteiger partial charge >= 0.3 is 0 Å². The minimum Gasteiger partial charge on any atom is -0.497 e. The molecule has 0 unspecified atom stereocenters. The van der Waals surface area contributed by atoms with Gasteiger partial charge in [0.1, 0.15) is 10.6 Å². The highest BCUT2D eigenvalue weighted by molar-refractivity contribution is 7.86. The highest BCUT2D eigenvalue weighted by atomic mass is 32.2. The smallest absolute Gasteiger partial charge is 0.295 e. The van der Waals surface area contributed by atoms with Crippen molar-refractivity contribution in [3.8, 4) is 5.75 Å². The van der Waals surface area contributed by atoms with Crippen LogP contribution in [0.25, 0.3) is 10.8 Å². The maximum atomic E-state index is 11.3. The van der Waals surface area contributed by atoms with Crippen molar-refractivity contribution >= 4 is 26.6 Å². The zero-order chi connectivity index (χ0) is 12.6. The summed E-state index contributed by atoms with van der Waals surface area (Å²) < 4.78 is 36.6. The number of hydrogen-bond donors (Lipinski definition) is 1. The number of fused-ring (bicyclic) bond motifs is 1. The van der Waals surface area contributed by atoms with Gasteiger partial charge in [-0.3, -0.25) is 4.55 Å². The molecule has 2 aromatic carbocycles. The second-order valence-corrected chi connectivity index (χ2v) is 4.93. The number of methoxy groups -OCH3 is 1. The van der Waals surface area contributed by atoms with Crippen LogP contribution in [-0.4, -0.2) is 20.1 Å². The van der Waals surface area contributed by atoms with E-state index in [9.17, 15) is 8.42 Å². The molecule has 5 nitrogen and oxygen atoms in total. The number of hydrogen-bond acceptors (Lipinski definition) is 3. The predicted molar refractivity (Wildman–Crippen MR) is 63.1 cm³/mol. The Kier molecular flexibility index (Phi) is 2.68. The van der Waals surface area contributed by atoms with Gasteiger partial charge in [-0.05, 0) is 23.6 Å². The third-order valence-electron chi connectivity index (χ3n) is 2.40. The van der Waals surface area contributed by atoms with Gasteiger partial charge < -0.3 is 10.5 Å². The maximum Gasteiger partial charge on any atom is 0.295 e. The van der Waals surface area contributed by atoms with Gasteiger partial charge in [0.25, 0.3) is 10.1 Å². The quantitative estimate of drug-likeness (QED) is 0.828. The molecule has 1 radical (unpaired) electrons. The number of benzene rings is 2. The highest BCUT2D eigenvalue weighted by Gasteiger charge is 2.16. The van der Waals surface area contributed by atoms with Gasteiger partial charge in [0, 0.05) is 11.5 Å². The summed E-state index contributed by atoms with van der Waals surface area (Å²) >= 11 is 0. The Labute approximate surface area is 98.6 Å². The van der Waals surface area contributed by atoms with E-state index in [1.165, 1.54) is 25.3 Å². The topological polar surface area (TPSA) is 87.4 Å². The SMILES string of the molecule is COc1cc(S(=O)(=O)O)c2cc([NH])ccc2c1. The van der Waals surface area contributed by atoms with Crippen LogP contribution in [0, 0.1) is 0 Å². The summed E-state index contributed by atoms with van der Waals surface area (Å²) in [6.07, 6.45) is 0. The molecule has 6 heteroatoms. The van der Waals surface area contributed by atoms with E-state index in [0.29, 0.717) is 16.5 Å². The summed E-state index contributed by atoms with van der Waals surface area (Å²) in [5.74, 6) is 0.336. The number of rotatable bonds is 2. The first-order valence-electron chi connectivity index (χ1n) is 4.73. The molecule has 0 bridgehead atoms. The molecule has 0 atom stereocenters. The fourth-order valence-corrected chi connectivity index (χ4v) is 2.35. The Morgan fingerprint density at radius 1 is 1.24 bits per heavy atom. The molecule has 89 valence electrons. The Morgan fingerprint density at radius 3 is 2.53 bits per heavy atom. The molecular formula is C11H10NO4S. The molecule has 0 saturated carbocycles. The van der Waals surface area contributed by atoms with Crippen molar-refractivity contribution in [2.75, 3.05) is 7.11 Å². The summed E-state index contributed by atoms with van der Waals surface area (Å²) in [6.45, 7) is 0. The van der Waals surface area contributed by atoms with E-state index in [4.69, 9.17) is 15.0 Å². The van der Waals surface area contributed by atoms with Crippen molar-refractivity contribution in [3.05, 3.63) is 30.3 Å². The molecule has 0 aliphatic rings. The van der Waals surface area contributed by atoms with Crippen molar-refractivity contribution in [2.45, 2.75) is 4.90 Å². The average molecular weight is 252 g/mol. The second-order valence-electron chi connectivity index (χ2n) is 3.54. The lowest BCUT2D eigenvalue weighted by molar-refractivity contribution is 0.413. The van der Waals surface area contributed by atoms with E-state index in [1.54, 1.807) is 12.1 Å². The largest absolute Gasteiger partial charge is 0.497 e. The first-order chi connectivity index (χ1) is 7.91. The molecule has 0 aromatic heterocycles.